The van der Waals surface area contributed by atoms with Crippen LogP contribution in [0.3, 0.4) is 0 Å². The van der Waals surface area contributed by atoms with Gasteiger partial charge in [-0.05, 0) is 18.8 Å². The van der Waals surface area contributed by atoms with Crippen molar-refractivity contribution in [2.24, 2.45) is 5.92 Å². The summed E-state index contributed by atoms with van der Waals surface area (Å²) in [5, 5.41) is 5.49. The first-order valence-electron chi connectivity index (χ1n) is 6.59. The van der Waals surface area contributed by atoms with Crippen molar-refractivity contribution in [1.82, 2.24) is 10.6 Å². The van der Waals surface area contributed by atoms with Crippen LogP contribution in [0.4, 0.5) is 0 Å². The van der Waals surface area contributed by atoms with Crippen LogP contribution >= 0.6 is 0 Å². The third-order valence-electron chi connectivity index (χ3n) is 2.47. The van der Waals surface area contributed by atoms with Crippen molar-refractivity contribution in [3.8, 4) is 0 Å². The summed E-state index contributed by atoms with van der Waals surface area (Å²) in [5.41, 5.74) is 0. The number of nitrogens with one attached hydrogen (secondary N) is 2. The molecule has 2 amide bonds. The summed E-state index contributed by atoms with van der Waals surface area (Å²) in [6.07, 6.45) is 4.12. The maximum absolute atomic E-state index is 11.4. The SMILES string of the molecule is CCCCCNC(=O)CC(=O)NCCC(C)C. The van der Waals surface area contributed by atoms with Crippen molar-refractivity contribution in [2.45, 2.75) is 52.9 Å². The summed E-state index contributed by atoms with van der Waals surface area (Å²) in [6.45, 7) is 7.65. The van der Waals surface area contributed by atoms with Crippen LogP contribution in [0.2, 0.25) is 0 Å². The fraction of sp³-hybridized carbons (Fsp3) is 0.846. The standard InChI is InChI=1S/C13H26N2O2/c1-4-5-6-8-14-12(16)10-13(17)15-9-7-11(2)3/h11H,4-10H2,1-3H3,(H,14,16)(H,15,17). The second-order valence-electron chi connectivity index (χ2n) is 4.77. The molecule has 0 spiro atoms. The zero-order valence-corrected chi connectivity index (χ0v) is 11.3. The highest BCUT2D eigenvalue weighted by molar-refractivity contribution is 5.96. The lowest BCUT2D eigenvalue weighted by Crippen LogP contribution is -2.33. The van der Waals surface area contributed by atoms with Crippen LogP contribution in [-0.2, 0) is 9.59 Å². The molecule has 0 aromatic heterocycles. The van der Waals surface area contributed by atoms with Crippen molar-refractivity contribution < 1.29 is 9.59 Å². The molecule has 0 fully saturated rings. The minimum Gasteiger partial charge on any atom is -0.356 e. The van der Waals surface area contributed by atoms with Gasteiger partial charge in [-0.1, -0.05) is 33.6 Å². The third-order valence-corrected chi connectivity index (χ3v) is 2.47. The lowest BCUT2D eigenvalue weighted by atomic mass is 10.1. The van der Waals surface area contributed by atoms with E-state index in [1.54, 1.807) is 0 Å². The van der Waals surface area contributed by atoms with Gasteiger partial charge in [-0.3, -0.25) is 9.59 Å². The highest BCUT2D eigenvalue weighted by Crippen LogP contribution is 1.96. The number of carbonyl (C=O) groups excluding carboxylic acids is 2. The summed E-state index contributed by atoms with van der Waals surface area (Å²) < 4.78 is 0. The van der Waals surface area contributed by atoms with Crippen LogP contribution in [0.25, 0.3) is 0 Å². The average Bonchev–Trinajstić information content (AvgIpc) is 2.23. The molecule has 0 atom stereocenters. The molecular weight excluding hydrogens is 216 g/mol. The molecule has 0 aliphatic rings. The van der Waals surface area contributed by atoms with Gasteiger partial charge in [-0.15, -0.1) is 0 Å². The Morgan fingerprint density at radius 2 is 1.59 bits per heavy atom. The molecule has 4 nitrogen and oxygen atoms in total. The lowest BCUT2D eigenvalue weighted by molar-refractivity contribution is -0.129. The molecule has 0 heterocycles. The van der Waals surface area contributed by atoms with Crippen molar-refractivity contribution in [2.75, 3.05) is 13.1 Å². The molecule has 0 saturated heterocycles. The van der Waals surface area contributed by atoms with Crippen LogP contribution in [0.1, 0.15) is 52.9 Å². The van der Waals surface area contributed by atoms with Crippen LogP contribution in [-0.4, -0.2) is 24.9 Å². The van der Waals surface area contributed by atoms with E-state index in [9.17, 15) is 9.59 Å². The quantitative estimate of drug-likeness (QED) is 0.479. The van der Waals surface area contributed by atoms with E-state index in [4.69, 9.17) is 0 Å². The summed E-state index contributed by atoms with van der Waals surface area (Å²) in [4.78, 5) is 22.7. The molecular formula is C13H26N2O2. The van der Waals surface area contributed by atoms with Gasteiger partial charge in [0.2, 0.25) is 11.8 Å². The molecule has 0 bridgehead atoms. The molecule has 0 aliphatic carbocycles. The van der Waals surface area contributed by atoms with Gasteiger partial charge in [-0.2, -0.15) is 0 Å². The molecule has 4 heteroatoms. The predicted molar refractivity (Wildman–Crippen MR) is 69.6 cm³/mol. The van der Waals surface area contributed by atoms with E-state index in [0.29, 0.717) is 19.0 Å². The second-order valence-corrected chi connectivity index (χ2v) is 4.77. The number of hydrogen-bond acceptors (Lipinski definition) is 2. The predicted octanol–water partition coefficient (Wildman–Crippen LogP) is 1.85. The molecule has 0 aliphatic heterocycles. The van der Waals surface area contributed by atoms with E-state index in [-0.39, 0.29) is 18.2 Å². The van der Waals surface area contributed by atoms with Gasteiger partial charge in [0.15, 0.2) is 0 Å². The van der Waals surface area contributed by atoms with Gasteiger partial charge < -0.3 is 10.6 Å². The Morgan fingerprint density at radius 1 is 1.00 bits per heavy atom. The first kappa shape index (κ1) is 15.9. The molecule has 17 heavy (non-hydrogen) atoms. The van der Waals surface area contributed by atoms with Gasteiger partial charge >= 0.3 is 0 Å². The number of hydrogen-bond donors (Lipinski definition) is 2. The van der Waals surface area contributed by atoms with Crippen molar-refractivity contribution in [1.29, 1.82) is 0 Å². The Bertz CT molecular complexity index is 227. The number of carbonyl (C=O) groups is 2. The molecule has 100 valence electrons. The zero-order chi connectivity index (χ0) is 13.1. The van der Waals surface area contributed by atoms with E-state index < -0.39 is 0 Å². The van der Waals surface area contributed by atoms with E-state index >= 15 is 0 Å². The fourth-order valence-electron chi connectivity index (χ4n) is 1.37. The van der Waals surface area contributed by atoms with Crippen molar-refractivity contribution in [3.63, 3.8) is 0 Å². The lowest BCUT2D eigenvalue weighted by Gasteiger charge is -2.07. The Labute approximate surface area is 105 Å². The van der Waals surface area contributed by atoms with Gasteiger partial charge in [0.25, 0.3) is 0 Å². The minimum absolute atomic E-state index is 0.0514. The van der Waals surface area contributed by atoms with Gasteiger partial charge in [0.05, 0.1) is 0 Å². The smallest absolute Gasteiger partial charge is 0.229 e. The molecule has 0 radical (unpaired) electrons. The number of unbranched alkanes of at least 4 members (excludes halogenated alkanes) is 2. The van der Waals surface area contributed by atoms with Gasteiger partial charge in [-0.25, -0.2) is 0 Å². The maximum atomic E-state index is 11.4. The fourth-order valence-corrected chi connectivity index (χ4v) is 1.37. The maximum Gasteiger partial charge on any atom is 0.229 e. The van der Waals surface area contributed by atoms with E-state index in [1.807, 2.05) is 0 Å². The Balaban J connectivity index is 3.49. The Morgan fingerprint density at radius 3 is 2.12 bits per heavy atom. The van der Waals surface area contributed by atoms with E-state index in [2.05, 4.69) is 31.4 Å². The van der Waals surface area contributed by atoms with Crippen molar-refractivity contribution in [3.05, 3.63) is 0 Å². The largest absolute Gasteiger partial charge is 0.356 e. The number of amides is 2. The molecule has 0 unspecified atom stereocenters. The Hall–Kier alpha value is -1.06. The third kappa shape index (κ3) is 11.2. The van der Waals surface area contributed by atoms with E-state index in [0.717, 1.165) is 25.7 Å². The van der Waals surface area contributed by atoms with Crippen LogP contribution in [0.15, 0.2) is 0 Å². The summed E-state index contributed by atoms with van der Waals surface area (Å²) >= 11 is 0. The second kappa shape index (κ2) is 10.1. The molecule has 0 aromatic rings. The molecule has 2 N–H and O–H groups in total. The highest BCUT2D eigenvalue weighted by Gasteiger charge is 2.08. The zero-order valence-electron chi connectivity index (χ0n) is 11.3. The first-order chi connectivity index (χ1) is 8.06. The molecule has 0 aromatic carbocycles. The normalized spacial score (nSPS) is 10.4. The summed E-state index contributed by atoms with van der Waals surface area (Å²) in [7, 11) is 0. The summed E-state index contributed by atoms with van der Waals surface area (Å²) in [5.74, 6) is 0.208. The van der Waals surface area contributed by atoms with Gasteiger partial charge in [0.1, 0.15) is 6.42 Å². The molecule has 0 rings (SSSR count). The Kier molecular flexibility index (Phi) is 9.49. The average molecular weight is 242 g/mol. The van der Waals surface area contributed by atoms with Crippen LogP contribution in [0, 0.1) is 5.92 Å². The number of rotatable bonds is 9. The topological polar surface area (TPSA) is 58.2 Å². The monoisotopic (exact) mass is 242 g/mol. The van der Waals surface area contributed by atoms with Crippen LogP contribution < -0.4 is 10.6 Å². The summed E-state index contributed by atoms with van der Waals surface area (Å²) in [6, 6.07) is 0. The van der Waals surface area contributed by atoms with Crippen molar-refractivity contribution >= 4 is 11.8 Å². The molecule has 0 saturated carbocycles. The minimum atomic E-state index is -0.182. The van der Waals surface area contributed by atoms with E-state index in [1.165, 1.54) is 0 Å². The first-order valence-corrected chi connectivity index (χ1v) is 6.59. The van der Waals surface area contributed by atoms with Crippen LogP contribution in [0.5, 0.6) is 0 Å². The van der Waals surface area contributed by atoms with Gasteiger partial charge in [0, 0.05) is 13.1 Å². The highest BCUT2D eigenvalue weighted by atomic mass is 16.2.